The predicted octanol–water partition coefficient (Wildman–Crippen LogP) is 6.89. The summed E-state index contributed by atoms with van der Waals surface area (Å²) < 4.78 is 0.601. The molecule has 0 aliphatic carbocycles. The highest BCUT2D eigenvalue weighted by Crippen LogP contribution is 2.32. The van der Waals surface area contributed by atoms with Gasteiger partial charge >= 0.3 is 0 Å². The van der Waals surface area contributed by atoms with E-state index >= 15 is 0 Å². The molecule has 1 amide bonds. The molecule has 0 radical (unpaired) electrons. The molecule has 3 aromatic rings. The van der Waals surface area contributed by atoms with Gasteiger partial charge in [0.1, 0.15) is 5.75 Å². The quantitative estimate of drug-likeness (QED) is 0.358. The molecular formula is C24H22BrClN2O2. The molecule has 0 aliphatic rings. The van der Waals surface area contributed by atoms with E-state index in [2.05, 4.69) is 38.4 Å². The third kappa shape index (κ3) is 5.94. The van der Waals surface area contributed by atoms with Crippen LogP contribution in [0.4, 0.5) is 11.4 Å². The van der Waals surface area contributed by atoms with Crippen LogP contribution in [0.15, 0.2) is 70.1 Å². The van der Waals surface area contributed by atoms with Crippen LogP contribution < -0.4 is 5.32 Å². The smallest absolute Gasteiger partial charge is 0.224 e. The fourth-order valence-corrected chi connectivity index (χ4v) is 3.68. The van der Waals surface area contributed by atoms with Gasteiger partial charge in [-0.3, -0.25) is 9.79 Å². The molecule has 0 heterocycles. The summed E-state index contributed by atoms with van der Waals surface area (Å²) in [4.78, 5) is 16.3. The molecule has 3 rings (SSSR count). The number of phenols is 1. The van der Waals surface area contributed by atoms with E-state index in [0.717, 1.165) is 18.4 Å². The standard InChI is InChI=1S/C24H22BrClN2O2/c1-2-6-23(29)28-19-9-10-21(26)22(14-19)27-15-18-12-17(13-20(25)24(18)30)11-16-7-4-3-5-8-16/h3-5,7-10,12-15,30H,2,6,11H2,1H3,(H,28,29). The zero-order chi connectivity index (χ0) is 21.5. The van der Waals surface area contributed by atoms with Crippen LogP contribution in [0.5, 0.6) is 5.75 Å². The molecular weight excluding hydrogens is 464 g/mol. The third-order valence-electron chi connectivity index (χ3n) is 4.45. The van der Waals surface area contributed by atoms with Crippen LogP contribution in [0.1, 0.15) is 36.5 Å². The van der Waals surface area contributed by atoms with Crippen molar-refractivity contribution in [1.82, 2.24) is 0 Å². The molecule has 0 aliphatic heterocycles. The van der Waals surface area contributed by atoms with Crippen LogP contribution >= 0.6 is 27.5 Å². The number of nitrogens with zero attached hydrogens (tertiary/aromatic N) is 1. The summed E-state index contributed by atoms with van der Waals surface area (Å²) in [5, 5.41) is 13.7. The molecule has 6 heteroatoms. The number of benzene rings is 3. The minimum absolute atomic E-state index is 0.0510. The Labute approximate surface area is 189 Å². The summed E-state index contributed by atoms with van der Waals surface area (Å²) in [6.07, 6.45) is 3.54. The second-order valence-corrected chi connectivity index (χ2v) is 8.16. The van der Waals surface area contributed by atoms with Crippen molar-refractivity contribution in [1.29, 1.82) is 0 Å². The van der Waals surface area contributed by atoms with Crippen LogP contribution in [-0.4, -0.2) is 17.2 Å². The summed E-state index contributed by atoms with van der Waals surface area (Å²) in [6.45, 7) is 1.95. The van der Waals surface area contributed by atoms with Crippen molar-refractivity contribution in [2.75, 3.05) is 5.32 Å². The maximum Gasteiger partial charge on any atom is 0.224 e. The molecule has 0 saturated heterocycles. The zero-order valence-corrected chi connectivity index (χ0v) is 18.9. The Hall–Kier alpha value is -2.63. The minimum Gasteiger partial charge on any atom is -0.506 e. The predicted molar refractivity (Wildman–Crippen MR) is 127 cm³/mol. The van der Waals surface area contributed by atoms with E-state index in [1.807, 2.05) is 37.3 Å². The molecule has 0 spiro atoms. The Balaban J connectivity index is 1.85. The van der Waals surface area contributed by atoms with Gasteiger partial charge in [-0.15, -0.1) is 0 Å². The number of phenolic OH excluding ortho intramolecular Hbond substituents is 1. The number of anilines is 1. The molecule has 30 heavy (non-hydrogen) atoms. The van der Waals surface area contributed by atoms with Crippen molar-refractivity contribution in [3.63, 3.8) is 0 Å². The lowest BCUT2D eigenvalue weighted by Crippen LogP contribution is -2.10. The Morgan fingerprint density at radius 3 is 2.63 bits per heavy atom. The van der Waals surface area contributed by atoms with Gasteiger partial charge in [-0.2, -0.15) is 0 Å². The second-order valence-electron chi connectivity index (χ2n) is 6.90. The molecule has 4 nitrogen and oxygen atoms in total. The summed E-state index contributed by atoms with van der Waals surface area (Å²) in [5.41, 5.74) is 3.94. The Kier molecular flexibility index (Phi) is 7.66. The fourth-order valence-electron chi connectivity index (χ4n) is 2.99. The van der Waals surface area contributed by atoms with Crippen LogP contribution in [0.3, 0.4) is 0 Å². The van der Waals surface area contributed by atoms with Crippen molar-refractivity contribution in [3.05, 3.63) is 86.8 Å². The molecule has 0 atom stereocenters. The van der Waals surface area contributed by atoms with Crippen molar-refractivity contribution < 1.29 is 9.90 Å². The fraction of sp³-hybridized carbons (Fsp3) is 0.167. The van der Waals surface area contributed by atoms with Crippen molar-refractivity contribution in [2.24, 2.45) is 4.99 Å². The average Bonchev–Trinajstić information content (AvgIpc) is 2.72. The van der Waals surface area contributed by atoms with Crippen LogP contribution in [-0.2, 0) is 11.2 Å². The van der Waals surface area contributed by atoms with E-state index in [9.17, 15) is 9.90 Å². The number of carbonyl (C=O) groups is 1. The highest BCUT2D eigenvalue weighted by atomic mass is 79.9. The van der Waals surface area contributed by atoms with Gasteiger partial charge in [0.25, 0.3) is 0 Å². The van der Waals surface area contributed by atoms with E-state index in [-0.39, 0.29) is 11.7 Å². The van der Waals surface area contributed by atoms with Crippen molar-refractivity contribution in [3.8, 4) is 5.75 Å². The van der Waals surface area contributed by atoms with E-state index in [4.69, 9.17) is 11.6 Å². The van der Waals surface area contributed by atoms with Gasteiger partial charge < -0.3 is 10.4 Å². The van der Waals surface area contributed by atoms with Gasteiger partial charge in [0, 0.05) is 23.9 Å². The number of hydrogen-bond donors (Lipinski definition) is 2. The lowest BCUT2D eigenvalue weighted by molar-refractivity contribution is -0.116. The van der Waals surface area contributed by atoms with Gasteiger partial charge in [-0.05, 0) is 70.2 Å². The maximum atomic E-state index is 11.8. The van der Waals surface area contributed by atoms with E-state index in [1.165, 1.54) is 5.56 Å². The number of rotatable bonds is 7. The van der Waals surface area contributed by atoms with E-state index < -0.39 is 0 Å². The zero-order valence-electron chi connectivity index (χ0n) is 16.5. The number of aliphatic imine (C=N–C) groups is 1. The van der Waals surface area contributed by atoms with Gasteiger partial charge in [0.15, 0.2) is 0 Å². The number of halogens is 2. The van der Waals surface area contributed by atoms with E-state index in [1.54, 1.807) is 24.4 Å². The highest BCUT2D eigenvalue weighted by molar-refractivity contribution is 9.10. The molecule has 0 fully saturated rings. The average molecular weight is 486 g/mol. The van der Waals surface area contributed by atoms with Gasteiger partial charge in [0.05, 0.1) is 15.2 Å². The summed E-state index contributed by atoms with van der Waals surface area (Å²) in [5.74, 6) is 0.0593. The summed E-state index contributed by atoms with van der Waals surface area (Å²) >= 11 is 9.69. The maximum absolute atomic E-state index is 11.8. The first-order valence-electron chi connectivity index (χ1n) is 9.65. The molecule has 0 aromatic heterocycles. The van der Waals surface area contributed by atoms with Gasteiger partial charge in [0.2, 0.25) is 5.91 Å². The number of carbonyl (C=O) groups excluding carboxylic acids is 1. The minimum atomic E-state index is -0.0510. The largest absolute Gasteiger partial charge is 0.506 e. The number of aromatic hydroxyl groups is 1. The number of hydrogen-bond acceptors (Lipinski definition) is 3. The summed E-state index contributed by atoms with van der Waals surface area (Å²) in [6, 6.07) is 19.1. The molecule has 3 aromatic carbocycles. The molecule has 0 unspecified atom stereocenters. The number of amides is 1. The van der Waals surface area contributed by atoms with Gasteiger partial charge in [-0.25, -0.2) is 0 Å². The monoisotopic (exact) mass is 484 g/mol. The van der Waals surface area contributed by atoms with Crippen molar-refractivity contribution >= 4 is 51.0 Å². The Bertz CT molecular complexity index is 1070. The lowest BCUT2D eigenvalue weighted by Gasteiger charge is -2.09. The summed E-state index contributed by atoms with van der Waals surface area (Å²) in [7, 11) is 0. The van der Waals surface area contributed by atoms with Crippen LogP contribution in [0.2, 0.25) is 5.02 Å². The molecule has 0 bridgehead atoms. The lowest BCUT2D eigenvalue weighted by atomic mass is 10.0. The first kappa shape index (κ1) is 22.1. The highest BCUT2D eigenvalue weighted by Gasteiger charge is 2.09. The van der Waals surface area contributed by atoms with E-state index in [0.29, 0.717) is 32.9 Å². The molecule has 2 N–H and O–H groups in total. The van der Waals surface area contributed by atoms with Gasteiger partial charge in [-0.1, -0.05) is 48.9 Å². The number of nitrogens with one attached hydrogen (secondary N) is 1. The molecule has 154 valence electrons. The molecule has 0 saturated carbocycles. The topological polar surface area (TPSA) is 61.7 Å². The van der Waals surface area contributed by atoms with Crippen LogP contribution in [0.25, 0.3) is 0 Å². The Morgan fingerprint density at radius 2 is 1.90 bits per heavy atom. The third-order valence-corrected chi connectivity index (χ3v) is 5.38. The normalized spacial score (nSPS) is 11.0. The Morgan fingerprint density at radius 1 is 1.13 bits per heavy atom. The SMILES string of the molecule is CCCC(=O)Nc1ccc(Cl)c(N=Cc2cc(Cc3ccccc3)cc(Br)c2O)c1. The first-order valence-corrected chi connectivity index (χ1v) is 10.8. The van der Waals surface area contributed by atoms with Crippen molar-refractivity contribution in [2.45, 2.75) is 26.2 Å². The first-order chi connectivity index (χ1) is 14.5. The second kappa shape index (κ2) is 10.4. The van der Waals surface area contributed by atoms with Crippen LogP contribution in [0, 0.1) is 0 Å².